The molecular formula is C19H28IN4O2+. The van der Waals surface area contributed by atoms with Gasteiger partial charge in [0.05, 0.1) is 6.54 Å². The van der Waals surface area contributed by atoms with Crippen molar-refractivity contribution >= 4 is 47.4 Å². The number of likely N-dealkylation sites (tertiary alicyclic amines) is 1. The van der Waals surface area contributed by atoms with Crippen LogP contribution in [0.3, 0.4) is 0 Å². The lowest BCUT2D eigenvalue weighted by Crippen LogP contribution is -2.65. The Morgan fingerprint density at radius 3 is 2.54 bits per heavy atom. The number of aliphatic imine (C=N–C) groups is 1. The second-order valence-corrected chi connectivity index (χ2v) is 6.91. The minimum atomic E-state index is -0.531. The van der Waals surface area contributed by atoms with E-state index in [1.165, 1.54) is 6.42 Å². The Kier molecular flexibility index (Phi) is 7.57. The van der Waals surface area contributed by atoms with Crippen molar-refractivity contribution in [2.75, 3.05) is 13.1 Å². The maximum Gasteiger partial charge on any atom is 0.427 e. The first-order chi connectivity index (χ1) is 12.1. The average molecular weight is 471 g/mol. The monoisotopic (exact) mass is 471 g/mol. The molecule has 3 amide bonds. The number of nitrogens with one attached hydrogen (secondary N) is 1. The highest BCUT2D eigenvalue weighted by molar-refractivity contribution is 14.0. The molecule has 0 bridgehead atoms. The highest BCUT2D eigenvalue weighted by Gasteiger charge is 2.53. The van der Waals surface area contributed by atoms with Crippen LogP contribution in [-0.2, 0) is 4.79 Å². The molecule has 26 heavy (non-hydrogen) atoms. The molecule has 3 N–H and O–H groups in total. The number of primary amides is 1. The van der Waals surface area contributed by atoms with Gasteiger partial charge >= 0.3 is 6.03 Å². The minimum Gasteiger partial charge on any atom is -0.364 e. The number of halogens is 1. The predicted molar refractivity (Wildman–Crippen MR) is 115 cm³/mol. The summed E-state index contributed by atoms with van der Waals surface area (Å²) < 4.78 is -0.0464. The summed E-state index contributed by atoms with van der Waals surface area (Å²) in [6, 6.07) is 8.79. The Bertz CT molecular complexity index is 665. The molecule has 6 nitrogen and oxygen atoms in total. The molecule has 0 aliphatic carbocycles. The number of hydrogen-bond acceptors (Lipinski definition) is 3. The third-order valence-corrected chi connectivity index (χ3v) is 5.30. The summed E-state index contributed by atoms with van der Waals surface area (Å²) in [5.74, 6) is 0.323. The van der Waals surface area contributed by atoms with E-state index in [1.807, 2.05) is 30.3 Å². The number of nitrogens with zero attached hydrogens (tertiary/aromatic N) is 2. The van der Waals surface area contributed by atoms with Crippen LogP contribution in [0.4, 0.5) is 10.5 Å². The molecule has 2 heterocycles. The van der Waals surface area contributed by atoms with Crippen LogP contribution in [-0.4, -0.2) is 36.9 Å². The van der Waals surface area contributed by atoms with E-state index in [0.717, 1.165) is 50.2 Å². The van der Waals surface area contributed by atoms with Gasteiger partial charge in [-0.1, -0.05) is 31.0 Å². The first kappa shape index (κ1) is 20.8. The molecule has 1 saturated heterocycles. The number of benzene rings is 1. The molecule has 0 spiro atoms. The smallest absolute Gasteiger partial charge is 0.364 e. The summed E-state index contributed by atoms with van der Waals surface area (Å²) >= 11 is 0. The van der Waals surface area contributed by atoms with Gasteiger partial charge in [0.25, 0.3) is 5.91 Å². The van der Waals surface area contributed by atoms with E-state index in [1.54, 1.807) is 0 Å². The van der Waals surface area contributed by atoms with Crippen LogP contribution >= 0.6 is 24.0 Å². The molecular weight excluding hydrogens is 443 g/mol. The van der Waals surface area contributed by atoms with Crippen LogP contribution < -0.4 is 15.5 Å². The number of carbonyl (C=O) groups excluding carboxylic acids is 2. The summed E-state index contributed by atoms with van der Waals surface area (Å²) in [4.78, 5) is 30.0. The Morgan fingerprint density at radius 1 is 1.08 bits per heavy atom. The van der Waals surface area contributed by atoms with E-state index in [2.05, 4.69) is 10.3 Å². The van der Waals surface area contributed by atoms with Gasteiger partial charge < -0.3 is 5.73 Å². The number of quaternary nitrogens is 1. The SMILES string of the molecule is I.NC(=O)C1CCC[N+]1(C(=O)NC1=NCCCCCC1)c1ccccc1. The van der Waals surface area contributed by atoms with E-state index < -0.39 is 11.9 Å². The van der Waals surface area contributed by atoms with Crippen LogP contribution in [0.2, 0.25) is 0 Å². The van der Waals surface area contributed by atoms with Crippen molar-refractivity contribution in [3.05, 3.63) is 30.3 Å². The Labute approximate surface area is 171 Å². The van der Waals surface area contributed by atoms with Gasteiger partial charge in [-0.2, -0.15) is 4.48 Å². The van der Waals surface area contributed by atoms with Gasteiger partial charge in [0, 0.05) is 25.8 Å². The van der Waals surface area contributed by atoms with Gasteiger partial charge in [-0.15, -0.1) is 24.0 Å². The largest absolute Gasteiger partial charge is 0.427 e. The van der Waals surface area contributed by atoms with E-state index >= 15 is 0 Å². The number of para-hydroxylation sites is 1. The molecule has 2 atom stereocenters. The normalized spacial score (nSPS) is 26.0. The highest BCUT2D eigenvalue weighted by atomic mass is 127. The number of urea groups is 1. The van der Waals surface area contributed by atoms with Gasteiger partial charge in [0.15, 0.2) is 6.04 Å². The molecule has 0 saturated carbocycles. The van der Waals surface area contributed by atoms with E-state index in [9.17, 15) is 9.59 Å². The molecule has 1 aromatic rings. The van der Waals surface area contributed by atoms with Gasteiger partial charge in [0.2, 0.25) is 0 Å². The zero-order chi connectivity index (χ0) is 17.7. The van der Waals surface area contributed by atoms with Crippen LogP contribution in [0, 0.1) is 0 Å². The fourth-order valence-electron chi connectivity index (χ4n) is 4.01. The van der Waals surface area contributed by atoms with Crippen LogP contribution in [0.1, 0.15) is 44.9 Å². The van der Waals surface area contributed by atoms with Gasteiger partial charge in [-0.3, -0.25) is 15.1 Å². The number of nitrogens with two attached hydrogens (primary N) is 1. The standard InChI is InChI=1S/C19H26N4O2.HI/c20-18(24)16-11-8-14-23(16,15-9-4-3-5-10-15)19(25)22-17-12-6-1-2-7-13-21-17;/h3-5,9-10,16H,1-2,6-8,11-14H2,(H2-,20,21,22,24,25);1H/p+1. The Balaban J connectivity index is 0.00000243. The van der Waals surface area contributed by atoms with Crippen molar-refractivity contribution in [2.45, 2.75) is 51.0 Å². The predicted octanol–water partition coefficient (Wildman–Crippen LogP) is 3.33. The number of carbonyl (C=O) groups is 2. The first-order valence-electron chi connectivity index (χ1n) is 9.22. The zero-order valence-corrected chi connectivity index (χ0v) is 17.4. The van der Waals surface area contributed by atoms with Gasteiger partial charge in [-0.05, 0) is 25.0 Å². The van der Waals surface area contributed by atoms with Crippen molar-refractivity contribution in [3.63, 3.8) is 0 Å². The number of hydrogen-bond donors (Lipinski definition) is 2. The second kappa shape index (κ2) is 9.45. The lowest BCUT2D eigenvalue weighted by Gasteiger charge is -2.35. The van der Waals surface area contributed by atoms with Crippen LogP contribution in [0.25, 0.3) is 0 Å². The zero-order valence-electron chi connectivity index (χ0n) is 15.0. The molecule has 3 rings (SSSR count). The van der Waals surface area contributed by atoms with Crippen molar-refractivity contribution in [1.29, 1.82) is 0 Å². The fourth-order valence-corrected chi connectivity index (χ4v) is 4.01. The average Bonchev–Trinajstić information content (AvgIpc) is 3.04. The number of amidine groups is 1. The molecule has 2 aliphatic rings. The fraction of sp³-hybridized carbons (Fsp3) is 0.526. The maximum atomic E-state index is 13.3. The van der Waals surface area contributed by atoms with Crippen LogP contribution in [0.15, 0.2) is 35.3 Å². The third-order valence-electron chi connectivity index (χ3n) is 5.30. The summed E-state index contributed by atoms with van der Waals surface area (Å²) in [6.07, 6.45) is 6.65. The van der Waals surface area contributed by atoms with Gasteiger partial charge in [-0.25, -0.2) is 4.79 Å². The molecule has 142 valence electrons. The Morgan fingerprint density at radius 2 is 1.81 bits per heavy atom. The summed E-state index contributed by atoms with van der Waals surface area (Å²) in [6.45, 7) is 1.33. The summed E-state index contributed by atoms with van der Waals surface area (Å²) in [7, 11) is 0. The molecule has 0 radical (unpaired) electrons. The van der Waals surface area contributed by atoms with E-state index in [-0.39, 0.29) is 34.5 Å². The summed E-state index contributed by atoms with van der Waals surface area (Å²) in [5, 5.41) is 3.03. The van der Waals surface area contributed by atoms with E-state index in [4.69, 9.17) is 5.73 Å². The Hall–Kier alpha value is -1.48. The van der Waals surface area contributed by atoms with Crippen molar-refractivity contribution < 1.29 is 9.59 Å². The van der Waals surface area contributed by atoms with Crippen molar-refractivity contribution in [2.24, 2.45) is 10.7 Å². The number of rotatable bonds is 2. The molecule has 2 unspecified atom stereocenters. The van der Waals surface area contributed by atoms with Crippen LogP contribution in [0.5, 0.6) is 0 Å². The molecule has 1 aromatic carbocycles. The molecule has 1 fully saturated rings. The first-order valence-corrected chi connectivity index (χ1v) is 9.22. The second-order valence-electron chi connectivity index (χ2n) is 6.91. The lowest BCUT2D eigenvalue weighted by atomic mass is 10.1. The molecule has 7 heteroatoms. The molecule has 2 aliphatic heterocycles. The number of amides is 3. The highest BCUT2D eigenvalue weighted by Crippen LogP contribution is 2.34. The topological polar surface area (TPSA) is 84.5 Å². The maximum absolute atomic E-state index is 13.3. The minimum absolute atomic E-state index is 0. The third kappa shape index (κ3) is 4.25. The molecule has 0 aromatic heterocycles. The summed E-state index contributed by atoms with van der Waals surface area (Å²) in [5.41, 5.74) is 6.48. The van der Waals surface area contributed by atoms with Crippen molar-refractivity contribution in [3.8, 4) is 0 Å². The lowest BCUT2D eigenvalue weighted by molar-refractivity contribution is -0.121. The quantitative estimate of drug-likeness (QED) is 0.513. The van der Waals surface area contributed by atoms with E-state index in [0.29, 0.717) is 13.0 Å². The van der Waals surface area contributed by atoms with Crippen molar-refractivity contribution in [1.82, 2.24) is 9.80 Å². The van der Waals surface area contributed by atoms with Gasteiger partial charge in [0.1, 0.15) is 11.5 Å².